The van der Waals surface area contributed by atoms with E-state index < -0.39 is 11.8 Å². The van der Waals surface area contributed by atoms with Crippen LogP contribution in [-0.2, 0) is 16.1 Å². The Morgan fingerprint density at radius 1 is 1.15 bits per heavy atom. The summed E-state index contributed by atoms with van der Waals surface area (Å²) in [7, 11) is 1.29. The Kier molecular flexibility index (Phi) is 5.36. The van der Waals surface area contributed by atoms with Crippen molar-refractivity contribution >= 4 is 11.9 Å². The Hall–Kier alpha value is -3.09. The minimum absolute atomic E-state index is 0.0438. The molecule has 2 aromatic carbocycles. The number of fused-ring (bicyclic) bond motifs is 1. The first-order valence-corrected chi connectivity index (χ1v) is 8.07. The number of amides is 1. The van der Waals surface area contributed by atoms with E-state index >= 15 is 0 Å². The molecule has 0 atom stereocenters. The van der Waals surface area contributed by atoms with Crippen molar-refractivity contribution in [2.45, 2.75) is 13.0 Å². The monoisotopic (exact) mass is 359 g/mol. The van der Waals surface area contributed by atoms with Gasteiger partial charge < -0.3 is 19.1 Å². The minimum atomic E-state index is -0.494. The molecule has 136 valence electrons. The van der Waals surface area contributed by atoms with E-state index in [9.17, 15) is 14.0 Å². The van der Waals surface area contributed by atoms with Crippen molar-refractivity contribution in [1.29, 1.82) is 0 Å². The summed E-state index contributed by atoms with van der Waals surface area (Å²) in [5.74, 6) is -0.0365. The van der Waals surface area contributed by atoms with Crippen molar-refractivity contribution in [3.8, 4) is 11.5 Å². The number of rotatable bonds is 6. The van der Waals surface area contributed by atoms with Gasteiger partial charge in [0, 0.05) is 18.7 Å². The first-order valence-electron chi connectivity index (χ1n) is 8.07. The van der Waals surface area contributed by atoms with Gasteiger partial charge in [-0.1, -0.05) is 12.1 Å². The molecule has 7 heteroatoms. The predicted octanol–water partition coefficient (Wildman–Crippen LogP) is 2.76. The molecule has 0 saturated heterocycles. The lowest BCUT2D eigenvalue weighted by Crippen LogP contribution is -2.32. The van der Waals surface area contributed by atoms with Gasteiger partial charge in [-0.15, -0.1) is 0 Å². The maximum absolute atomic E-state index is 13.5. The predicted molar refractivity (Wildman–Crippen MR) is 90.3 cm³/mol. The second-order valence-electron chi connectivity index (χ2n) is 5.75. The molecule has 1 aliphatic rings. The Bertz CT molecular complexity index is 823. The molecule has 0 unspecified atom stereocenters. The van der Waals surface area contributed by atoms with E-state index in [0.717, 1.165) is 5.56 Å². The van der Waals surface area contributed by atoms with Crippen LogP contribution in [-0.4, -0.2) is 37.2 Å². The Labute approximate surface area is 150 Å². The molecular formula is C19H18FNO5. The van der Waals surface area contributed by atoms with Crippen molar-refractivity contribution in [2.75, 3.05) is 20.4 Å². The smallest absolute Gasteiger partial charge is 0.307 e. The molecule has 0 N–H and O–H groups in total. The minimum Gasteiger partial charge on any atom is -0.469 e. The van der Waals surface area contributed by atoms with Crippen molar-refractivity contribution in [1.82, 2.24) is 4.90 Å². The average molecular weight is 359 g/mol. The third-order valence-electron chi connectivity index (χ3n) is 3.98. The van der Waals surface area contributed by atoms with E-state index in [-0.39, 0.29) is 37.8 Å². The number of carbonyl (C=O) groups is 2. The lowest BCUT2D eigenvalue weighted by molar-refractivity contribution is -0.140. The quantitative estimate of drug-likeness (QED) is 0.742. The van der Waals surface area contributed by atoms with Gasteiger partial charge in [0.2, 0.25) is 6.79 Å². The molecule has 0 bridgehead atoms. The zero-order valence-electron chi connectivity index (χ0n) is 14.2. The number of ether oxygens (including phenoxy) is 3. The second kappa shape index (κ2) is 7.86. The number of methoxy groups -OCH3 is 1. The van der Waals surface area contributed by atoms with Gasteiger partial charge >= 0.3 is 5.97 Å². The largest absolute Gasteiger partial charge is 0.469 e. The number of hydrogen-bond donors (Lipinski definition) is 0. The highest BCUT2D eigenvalue weighted by Gasteiger charge is 2.20. The van der Waals surface area contributed by atoms with Crippen molar-refractivity contribution in [3.05, 3.63) is 59.4 Å². The van der Waals surface area contributed by atoms with Crippen LogP contribution in [0.1, 0.15) is 22.3 Å². The van der Waals surface area contributed by atoms with Gasteiger partial charge in [-0.25, -0.2) is 4.39 Å². The average Bonchev–Trinajstić information content (AvgIpc) is 3.12. The summed E-state index contributed by atoms with van der Waals surface area (Å²) < 4.78 is 28.7. The normalized spacial score (nSPS) is 11.9. The standard InChI is InChI=1S/C19H18FNO5/c1-24-18(22)7-8-21(19(23)14-3-2-4-15(20)10-14)11-13-5-6-16-17(9-13)26-12-25-16/h2-6,9-10H,7-8,11-12H2,1H3. The zero-order valence-corrected chi connectivity index (χ0v) is 14.2. The van der Waals surface area contributed by atoms with E-state index in [2.05, 4.69) is 4.74 Å². The van der Waals surface area contributed by atoms with E-state index in [4.69, 9.17) is 9.47 Å². The molecule has 1 amide bonds. The van der Waals surface area contributed by atoms with E-state index in [0.29, 0.717) is 11.5 Å². The molecule has 0 aliphatic carbocycles. The van der Waals surface area contributed by atoms with Crippen LogP contribution in [0.5, 0.6) is 11.5 Å². The summed E-state index contributed by atoms with van der Waals surface area (Å²) in [6, 6.07) is 10.8. The molecule has 2 aromatic rings. The fourth-order valence-corrected chi connectivity index (χ4v) is 2.64. The van der Waals surface area contributed by atoms with Crippen molar-refractivity contribution in [3.63, 3.8) is 0 Å². The van der Waals surface area contributed by atoms with Gasteiger partial charge in [0.1, 0.15) is 5.82 Å². The molecule has 1 heterocycles. The number of esters is 1. The van der Waals surface area contributed by atoms with Gasteiger partial charge in [0.25, 0.3) is 5.91 Å². The summed E-state index contributed by atoms with van der Waals surface area (Å²) in [4.78, 5) is 25.7. The Morgan fingerprint density at radius 2 is 1.96 bits per heavy atom. The third kappa shape index (κ3) is 4.11. The van der Waals surface area contributed by atoms with Crippen LogP contribution in [0.15, 0.2) is 42.5 Å². The highest BCUT2D eigenvalue weighted by Crippen LogP contribution is 2.32. The lowest BCUT2D eigenvalue weighted by atomic mass is 10.1. The van der Waals surface area contributed by atoms with Crippen LogP contribution in [0.25, 0.3) is 0 Å². The van der Waals surface area contributed by atoms with Gasteiger partial charge in [-0.2, -0.15) is 0 Å². The molecule has 26 heavy (non-hydrogen) atoms. The lowest BCUT2D eigenvalue weighted by Gasteiger charge is -2.23. The highest BCUT2D eigenvalue weighted by atomic mass is 19.1. The molecule has 0 saturated carbocycles. The fraction of sp³-hybridized carbons (Fsp3) is 0.263. The summed E-state index contributed by atoms with van der Waals surface area (Å²) in [5, 5.41) is 0. The number of halogens is 1. The number of hydrogen-bond acceptors (Lipinski definition) is 5. The summed E-state index contributed by atoms with van der Waals surface area (Å²) >= 11 is 0. The van der Waals surface area contributed by atoms with Gasteiger partial charge in [0.15, 0.2) is 11.5 Å². The molecule has 0 aromatic heterocycles. The molecule has 6 nitrogen and oxygen atoms in total. The zero-order chi connectivity index (χ0) is 18.5. The van der Waals surface area contributed by atoms with Crippen LogP contribution < -0.4 is 9.47 Å². The Balaban J connectivity index is 1.80. The van der Waals surface area contributed by atoms with Crippen molar-refractivity contribution < 1.29 is 28.2 Å². The van der Waals surface area contributed by atoms with Crippen LogP contribution in [0.2, 0.25) is 0 Å². The number of benzene rings is 2. The van der Waals surface area contributed by atoms with Crippen LogP contribution in [0.3, 0.4) is 0 Å². The fourth-order valence-electron chi connectivity index (χ4n) is 2.64. The number of nitrogens with zero attached hydrogens (tertiary/aromatic N) is 1. The molecule has 3 rings (SSSR count). The van der Waals surface area contributed by atoms with E-state index in [1.165, 1.54) is 36.3 Å². The van der Waals surface area contributed by atoms with Crippen LogP contribution in [0.4, 0.5) is 4.39 Å². The van der Waals surface area contributed by atoms with Crippen molar-refractivity contribution in [2.24, 2.45) is 0 Å². The summed E-state index contributed by atoms with van der Waals surface area (Å²) in [6.07, 6.45) is 0.0438. The molecule has 0 fully saturated rings. The highest BCUT2D eigenvalue weighted by molar-refractivity contribution is 5.94. The van der Waals surface area contributed by atoms with Crippen LogP contribution >= 0.6 is 0 Å². The Morgan fingerprint density at radius 3 is 2.73 bits per heavy atom. The molecular weight excluding hydrogens is 341 g/mol. The van der Waals surface area contributed by atoms with Gasteiger partial charge in [-0.05, 0) is 35.9 Å². The summed E-state index contributed by atoms with van der Waals surface area (Å²) in [5.41, 5.74) is 1.03. The first-order chi connectivity index (χ1) is 12.6. The van der Waals surface area contributed by atoms with E-state index in [1.807, 2.05) is 6.07 Å². The second-order valence-corrected chi connectivity index (χ2v) is 5.75. The third-order valence-corrected chi connectivity index (χ3v) is 3.98. The van der Waals surface area contributed by atoms with Gasteiger partial charge in [0.05, 0.1) is 13.5 Å². The van der Waals surface area contributed by atoms with E-state index in [1.54, 1.807) is 12.1 Å². The molecule has 0 spiro atoms. The maximum atomic E-state index is 13.5. The summed E-state index contributed by atoms with van der Waals surface area (Å²) in [6.45, 7) is 0.548. The molecule has 1 aliphatic heterocycles. The van der Waals surface area contributed by atoms with Gasteiger partial charge in [-0.3, -0.25) is 9.59 Å². The number of carbonyl (C=O) groups excluding carboxylic acids is 2. The maximum Gasteiger partial charge on any atom is 0.307 e. The van der Waals surface area contributed by atoms with Crippen LogP contribution in [0, 0.1) is 5.82 Å². The molecule has 0 radical (unpaired) electrons. The SMILES string of the molecule is COC(=O)CCN(Cc1ccc2c(c1)OCO2)C(=O)c1cccc(F)c1. The topological polar surface area (TPSA) is 65.1 Å². The first kappa shape index (κ1) is 17.7.